The predicted molar refractivity (Wildman–Crippen MR) is 135 cm³/mol. The molecule has 0 radical (unpaired) electrons. The Balaban J connectivity index is 2.59. The van der Waals surface area contributed by atoms with Crippen LogP contribution in [0.3, 0.4) is 0 Å². The molecule has 6 nitrogen and oxygen atoms in total. The highest BCUT2D eigenvalue weighted by Gasteiger charge is 2.64. The highest BCUT2D eigenvalue weighted by Crippen LogP contribution is 2.55. The number of hydrogen-bond acceptors (Lipinski definition) is 6. The van der Waals surface area contributed by atoms with Crippen LogP contribution in [0.15, 0.2) is 11.7 Å². The summed E-state index contributed by atoms with van der Waals surface area (Å²) in [6, 6.07) is 0. The minimum absolute atomic E-state index is 0.128. The van der Waals surface area contributed by atoms with Gasteiger partial charge in [0.2, 0.25) is 8.32 Å². The van der Waals surface area contributed by atoms with E-state index in [2.05, 4.69) is 83.1 Å². The van der Waals surface area contributed by atoms with Crippen molar-refractivity contribution in [1.29, 1.82) is 0 Å². The molecule has 2 rings (SSSR count). The van der Waals surface area contributed by atoms with Crippen LogP contribution in [-0.2, 0) is 18.0 Å². The molecule has 2 heterocycles. The van der Waals surface area contributed by atoms with Gasteiger partial charge in [-0.2, -0.15) is 0 Å². The molecule has 0 spiro atoms. The zero-order valence-corrected chi connectivity index (χ0v) is 24.4. The minimum Gasteiger partial charge on any atom is -0.493 e. The standard InChI is InChI=1S/C23H47BO6Si2/c1-15(2)31(16(3)4,17(5)6)29-18-13-20(24(25)26)28-19-14-27-32(22(7,8)9,23(10,11)12)30-21(18)19/h13,15-19,21,25-26H,14H2,1-12H3/t18-,19-,21+/m1/s1. The zero-order valence-electron chi connectivity index (χ0n) is 22.4. The molecule has 0 aromatic rings. The maximum Gasteiger partial charge on any atom is 0.525 e. The summed E-state index contributed by atoms with van der Waals surface area (Å²) in [5.41, 5.74) is 1.31. The van der Waals surface area contributed by atoms with Gasteiger partial charge in [0.25, 0.3) is 0 Å². The van der Waals surface area contributed by atoms with Gasteiger partial charge in [0.1, 0.15) is 17.9 Å². The summed E-state index contributed by atoms with van der Waals surface area (Å²) in [6.07, 6.45) is 0.547. The Bertz CT molecular complexity index is 645. The van der Waals surface area contributed by atoms with Gasteiger partial charge in [0.05, 0.1) is 12.7 Å². The molecule has 3 atom stereocenters. The van der Waals surface area contributed by atoms with Gasteiger partial charge in [-0.1, -0.05) is 83.1 Å². The molecule has 2 N–H and O–H groups in total. The smallest absolute Gasteiger partial charge is 0.493 e. The Morgan fingerprint density at radius 3 is 1.81 bits per heavy atom. The molecule has 0 amide bonds. The Kier molecular flexibility index (Phi) is 8.31. The van der Waals surface area contributed by atoms with E-state index in [1.807, 2.05) is 0 Å². The lowest BCUT2D eigenvalue weighted by Crippen LogP contribution is -2.69. The third-order valence-corrected chi connectivity index (χ3v) is 18.6. The van der Waals surface area contributed by atoms with Gasteiger partial charge >= 0.3 is 15.7 Å². The van der Waals surface area contributed by atoms with Crippen molar-refractivity contribution in [3.63, 3.8) is 0 Å². The van der Waals surface area contributed by atoms with E-state index in [1.54, 1.807) is 6.08 Å². The van der Waals surface area contributed by atoms with E-state index in [-0.39, 0.29) is 21.8 Å². The first-order valence-corrected chi connectivity index (χ1v) is 16.1. The largest absolute Gasteiger partial charge is 0.525 e. The quantitative estimate of drug-likeness (QED) is 0.496. The molecule has 9 heteroatoms. The van der Waals surface area contributed by atoms with Gasteiger partial charge in [-0.05, 0) is 22.7 Å². The third-order valence-electron chi connectivity index (χ3n) is 7.34. The highest BCUT2D eigenvalue weighted by molar-refractivity contribution is 6.77. The van der Waals surface area contributed by atoms with Crippen LogP contribution < -0.4 is 0 Å². The maximum atomic E-state index is 9.92. The van der Waals surface area contributed by atoms with E-state index in [0.29, 0.717) is 23.2 Å². The van der Waals surface area contributed by atoms with E-state index in [0.717, 1.165) is 0 Å². The van der Waals surface area contributed by atoms with E-state index in [1.165, 1.54) is 0 Å². The van der Waals surface area contributed by atoms with Crippen LogP contribution in [0.1, 0.15) is 83.1 Å². The van der Waals surface area contributed by atoms with Crippen LogP contribution in [0.25, 0.3) is 0 Å². The monoisotopic (exact) mass is 486 g/mol. The molecule has 0 aromatic carbocycles. The average molecular weight is 487 g/mol. The summed E-state index contributed by atoms with van der Waals surface area (Å²) < 4.78 is 26.7. The van der Waals surface area contributed by atoms with Crippen molar-refractivity contribution in [2.45, 2.75) is 128 Å². The second-order valence-corrected chi connectivity index (χ2v) is 22.7. The normalized spacial score (nSPS) is 26.8. The lowest BCUT2D eigenvalue weighted by Gasteiger charge is -2.57. The van der Waals surface area contributed by atoms with Gasteiger partial charge in [-0.15, -0.1) is 0 Å². The van der Waals surface area contributed by atoms with Gasteiger partial charge < -0.3 is 28.1 Å². The third kappa shape index (κ3) is 4.81. The molecule has 0 unspecified atom stereocenters. The molecule has 0 saturated carbocycles. The molecular weight excluding hydrogens is 439 g/mol. The minimum atomic E-state index is -2.74. The van der Waals surface area contributed by atoms with Crippen molar-refractivity contribution in [3.05, 3.63) is 11.7 Å². The van der Waals surface area contributed by atoms with Crippen molar-refractivity contribution in [2.75, 3.05) is 6.61 Å². The topological polar surface area (TPSA) is 77.4 Å². The van der Waals surface area contributed by atoms with Crippen molar-refractivity contribution < 1.29 is 28.1 Å². The molecule has 32 heavy (non-hydrogen) atoms. The van der Waals surface area contributed by atoms with Crippen molar-refractivity contribution >= 4 is 24.0 Å². The van der Waals surface area contributed by atoms with Crippen LogP contribution in [-0.4, -0.2) is 59.0 Å². The van der Waals surface area contributed by atoms with Gasteiger partial charge in [0.15, 0.2) is 0 Å². The Morgan fingerprint density at radius 2 is 1.44 bits per heavy atom. The first kappa shape index (κ1) is 28.1. The van der Waals surface area contributed by atoms with Crippen molar-refractivity contribution in [3.8, 4) is 0 Å². The van der Waals surface area contributed by atoms with Gasteiger partial charge in [0, 0.05) is 10.1 Å². The SMILES string of the molecule is CC(C)[Si](O[C@@H]1C=C(B(O)O)O[C@@H]2CO[Si](C(C)(C)C)(C(C)(C)C)O[C@@H]12)(C(C)C)C(C)C. The van der Waals surface area contributed by atoms with E-state index >= 15 is 0 Å². The highest BCUT2D eigenvalue weighted by atomic mass is 28.4. The van der Waals surface area contributed by atoms with E-state index < -0.39 is 36.2 Å². The van der Waals surface area contributed by atoms with E-state index in [4.69, 9.17) is 18.0 Å². The molecule has 2 aliphatic heterocycles. The molecule has 0 bridgehead atoms. The number of hydrogen-bond donors (Lipinski definition) is 2. The number of ether oxygens (including phenoxy) is 1. The summed E-state index contributed by atoms with van der Waals surface area (Å²) in [4.78, 5) is 0. The van der Waals surface area contributed by atoms with Gasteiger partial charge in [-0.25, -0.2) is 0 Å². The number of rotatable bonds is 6. The lowest BCUT2D eigenvalue weighted by atomic mass is 9.84. The molecular formula is C23H47BO6Si2. The van der Waals surface area contributed by atoms with Gasteiger partial charge in [-0.3, -0.25) is 0 Å². The lowest BCUT2D eigenvalue weighted by molar-refractivity contribution is -0.125. The predicted octanol–water partition coefficient (Wildman–Crippen LogP) is 5.30. The van der Waals surface area contributed by atoms with Crippen LogP contribution >= 0.6 is 0 Å². The van der Waals surface area contributed by atoms with Crippen molar-refractivity contribution in [2.24, 2.45) is 0 Å². The Hall–Kier alpha value is -0.161. The first-order valence-electron chi connectivity index (χ1n) is 12.1. The summed E-state index contributed by atoms with van der Waals surface area (Å²) in [6.45, 7) is 27.0. The van der Waals surface area contributed by atoms with Crippen LogP contribution in [0.4, 0.5) is 0 Å². The summed E-state index contributed by atoms with van der Waals surface area (Å²) >= 11 is 0. The first-order chi connectivity index (χ1) is 14.4. The molecule has 1 fully saturated rings. The molecule has 186 valence electrons. The molecule has 0 aromatic heterocycles. The summed E-state index contributed by atoms with van der Waals surface area (Å²) in [7, 11) is -6.69. The Morgan fingerprint density at radius 1 is 0.969 bits per heavy atom. The number of fused-ring (bicyclic) bond motifs is 1. The molecule has 1 saturated heterocycles. The zero-order chi connectivity index (χ0) is 24.9. The average Bonchev–Trinajstić information content (AvgIpc) is 2.62. The summed E-state index contributed by atoms with van der Waals surface area (Å²) in [5.74, 6) is 0. The van der Waals surface area contributed by atoms with Crippen LogP contribution in [0.5, 0.6) is 0 Å². The maximum absolute atomic E-state index is 9.92. The van der Waals surface area contributed by atoms with E-state index in [9.17, 15) is 10.0 Å². The Labute approximate surface area is 198 Å². The molecule has 2 aliphatic rings. The van der Waals surface area contributed by atoms with Crippen LogP contribution in [0.2, 0.25) is 26.7 Å². The fourth-order valence-corrected chi connectivity index (χ4v) is 16.7. The van der Waals surface area contributed by atoms with Crippen LogP contribution in [0, 0.1) is 0 Å². The second-order valence-electron chi connectivity index (χ2n) is 12.5. The fraction of sp³-hybridized carbons (Fsp3) is 0.913. The van der Waals surface area contributed by atoms with Crippen molar-refractivity contribution in [1.82, 2.24) is 0 Å². The molecule has 0 aliphatic carbocycles. The summed E-state index contributed by atoms with van der Waals surface area (Å²) in [5, 5.41) is 19.5. The second kappa shape index (κ2) is 9.47. The fourth-order valence-electron chi connectivity index (χ4n) is 6.25.